The Balaban J connectivity index is 1.69. The first kappa shape index (κ1) is 14.9. The van der Waals surface area contributed by atoms with E-state index in [1.165, 1.54) is 0 Å². The van der Waals surface area contributed by atoms with E-state index in [0.717, 1.165) is 21.9 Å². The summed E-state index contributed by atoms with van der Waals surface area (Å²) in [7, 11) is 0. The first-order valence-corrected chi connectivity index (χ1v) is 7.75. The van der Waals surface area contributed by atoms with Gasteiger partial charge in [-0.15, -0.1) is 0 Å². The molecule has 0 saturated heterocycles. The number of nitrogens with one attached hydrogen (secondary N) is 1. The van der Waals surface area contributed by atoms with E-state index < -0.39 is 0 Å². The first-order chi connectivity index (χ1) is 12.1. The van der Waals surface area contributed by atoms with Crippen LogP contribution in [-0.2, 0) is 0 Å². The molecule has 4 aromatic rings. The van der Waals surface area contributed by atoms with Crippen molar-refractivity contribution in [2.45, 2.75) is 6.92 Å². The van der Waals surface area contributed by atoms with E-state index in [1.54, 1.807) is 30.3 Å². The van der Waals surface area contributed by atoms with Gasteiger partial charge in [0.2, 0.25) is 5.71 Å². The Kier molecular flexibility index (Phi) is 3.44. The van der Waals surface area contributed by atoms with Gasteiger partial charge in [0.15, 0.2) is 5.76 Å². The zero-order valence-electron chi connectivity index (χ0n) is 13.4. The van der Waals surface area contributed by atoms with Crippen molar-refractivity contribution in [3.8, 4) is 6.07 Å². The topological polar surface area (TPSA) is 78.9 Å². The summed E-state index contributed by atoms with van der Waals surface area (Å²) in [6.45, 7) is 2.00. The zero-order chi connectivity index (χ0) is 17.4. The van der Waals surface area contributed by atoms with E-state index in [4.69, 9.17) is 9.68 Å². The molecular formula is C20H13N3O2. The van der Waals surface area contributed by atoms with Crippen molar-refractivity contribution in [3.63, 3.8) is 0 Å². The van der Waals surface area contributed by atoms with Gasteiger partial charge >= 0.3 is 0 Å². The van der Waals surface area contributed by atoms with Crippen molar-refractivity contribution < 1.29 is 9.21 Å². The maximum atomic E-state index is 12.4. The Labute approximate surface area is 143 Å². The number of carbonyl (C=O) groups is 1. The molecule has 5 nitrogen and oxygen atoms in total. The van der Waals surface area contributed by atoms with E-state index in [0.29, 0.717) is 17.0 Å². The Morgan fingerprint density at radius 2 is 2.00 bits per heavy atom. The van der Waals surface area contributed by atoms with Crippen LogP contribution in [0.2, 0.25) is 0 Å². The minimum atomic E-state index is -0.381. The second-order valence-corrected chi connectivity index (χ2v) is 5.84. The van der Waals surface area contributed by atoms with Gasteiger partial charge in [0.1, 0.15) is 0 Å². The Bertz CT molecular complexity index is 1170. The van der Waals surface area contributed by atoms with Crippen LogP contribution >= 0.6 is 0 Å². The lowest BCUT2D eigenvalue weighted by Gasteiger charge is -2.02. The number of furan rings is 1. The van der Waals surface area contributed by atoms with Gasteiger partial charge in [-0.25, -0.2) is 4.98 Å². The Morgan fingerprint density at radius 3 is 2.84 bits per heavy atom. The second-order valence-electron chi connectivity index (χ2n) is 5.84. The van der Waals surface area contributed by atoms with Crippen LogP contribution in [0.3, 0.4) is 0 Å². The standard InChI is InChI=1S/C20H13N3O2/c1-12-5-6-14-9-15-10-18(25-20(15)23-17(14)7-12)19(24)22-16-4-2-3-13(8-16)11-21/h2-10H,1H3,(H,22,24). The lowest BCUT2D eigenvalue weighted by molar-refractivity contribution is 0.0998. The molecule has 0 aliphatic rings. The SMILES string of the molecule is Cc1ccc2cc3cc(C(=O)Nc4cccc(C#N)c4)oc3nc2c1. The molecule has 0 saturated carbocycles. The number of benzene rings is 2. The minimum absolute atomic E-state index is 0.178. The summed E-state index contributed by atoms with van der Waals surface area (Å²) >= 11 is 0. The number of hydrogen-bond acceptors (Lipinski definition) is 4. The number of amides is 1. The minimum Gasteiger partial charge on any atom is -0.433 e. The van der Waals surface area contributed by atoms with Crippen molar-refractivity contribution >= 4 is 33.6 Å². The lowest BCUT2D eigenvalue weighted by atomic mass is 10.1. The lowest BCUT2D eigenvalue weighted by Crippen LogP contribution is -2.10. The fraction of sp³-hybridized carbons (Fsp3) is 0.0500. The van der Waals surface area contributed by atoms with Crippen LogP contribution in [0.1, 0.15) is 21.7 Å². The van der Waals surface area contributed by atoms with Gasteiger partial charge in [-0.1, -0.05) is 18.2 Å². The molecule has 5 heteroatoms. The highest BCUT2D eigenvalue weighted by atomic mass is 16.4. The summed E-state index contributed by atoms with van der Waals surface area (Å²) in [4.78, 5) is 16.9. The number of anilines is 1. The molecule has 0 spiro atoms. The molecule has 0 fully saturated rings. The molecule has 2 aromatic carbocycles. The number of fused-ring (bicyclic) bond motifs is 2. The molecule has 0 aliphatic heterocycles. The molecule has 0 radical (unpaired) electrons. The molecule has 0 unspecified atom stereocenters. The number of pyridine rings is 1. The summed E-state index contributed by atoms with van der Waals surface area (Å²) in [5.74, 6) is -0.204. The number of rotatable bonds is 2. The van der Waals surface area contributed by atoms with Crippen LogP contribution in [0, 0.1) is 18.3 Å². The maximum Gasteiger partial charge on any atom is 0.291 e. The van der Waals surface area contributed by atoms with Gasteiger partial charge in [0, 0.05) is 16.5 Å². The number of nitriles is 1. The number of aryl methyl sites for hydroxylation is 1. The molecule has 25 heavy (non-hydrogen) atoms. The molecule has 2 heterocycles. The van der Waals surface area contributed by atoms with Crippen LogP contribution in [-0.4, -0.2) is 10.9 Å². The van der Waals surface area contributed by atoms with Crippen molar-refractivity contribution in [1.29, 1.82) is 5.26 Å². The largest absolute Gasteiger partial charge is 0.433 e. The summed E-state index contributed by atoms with van der Waals surface area (Å²) < 4.78 is 5.62. The average Bonchev–Trinajstić information content (AvgIpc) is 3.03. The molecule has 0 aliphatic carbocycles. The van der Waals surface area contributed by atoms with E-state index in [2.05, 4.69) is 10.3 Å². The van der Waals surface area contributed by atoms with Gasteiger partial charge in [-0.2, -0.15) is 5.26 Å². The quantitative estimate of drug-likeness (QED) is 0.591. The third-order valence-electron chi connectivity index (χ3n) is 3.93. The van der Waals surface area contributed by atoms with Crippen molar-refractivity contribution in [3.05, 3.63) is 71.5 Å². The van der Waals surface area contributed by atoms with E-state index in [1.807, 2.05) is 37.3 Å². The van der Waals surface area contributed by atoms with Crippen LogP contribution in [0.4, 0.5) is 5.69 Å². The summed E-state index contributed by atoms with van der Waals surface area (Å²) in [6, 6.07) is 18.4. The van der Waals surface area contributed by atoms with E-state index >= 15 is 0 Å². The molecule has 120 valence electrons. The third kappa shape index (κ3) is 2.81. The Morgan fingerprint density at radius 1 is 1.12 bits per heavy atom. The van der Waals surface area contributed by atoms with Gasteiger partial charge in [-0.3, -0.25) is 4.79 Å². The number of nitrogens with zero attached hydrogens (tertiary/aromatic N) is 2. The predicted molar refractivity (Wildman–Crippen MR) is 95.4 cm³/mol. The molecule has 0 bridgehead atoms. The van der Waals surface area contributed by atoms with Gasteiger partial charge in [0.05, 0.1) is 17.1 Å². The fourth-order valence-corrected chi connectivity index (χ4v) is 2.71. The summed E-state index contributed by atoms with van der Waals surface area (Å²) in [6.07, 6.45) is 0. The Hall–Kier alpha value is -3.65. The van der Waals surface area contributed by atoms with Crippen LogP contribution < -0.4 is 5.32 Å². The molecule has 2 aromatic heterocycles. The smallest absolute Gasteiger partial charge is 0.291 e. The normalized spacial score (nSPS) is 10.7. The number of aromatic nitrogens is 1. The second kappa shape index (κ2) is 5.77. The average molecular weight is 327 g/mol. The monoisotopic (exact) mass is 327 g/mol. The third-order valence-corrected chi connectivity index (χ3v) is 3.93. The first-order valence-electron chi connectivity index (χ1n) is 7.75. The number of hydrogen-bond donors (Lipinski definition) is 1. The molecular weight excluding hydrogens is 314 g/mol. The highest BCUT2D eigenvalue weighted by Crippen LogP contribution is 2.24. The highest BCUT2D eigenvalue weighted by molar-refractivity contribution is 6.05. The van der Waals surface area contributed by atoms with Gasteiger partial charge < -0.3 is 9.73 Å². The van der Waals surface area contributed by atoms with Crippen LogP contribution in [0.5, 0.6) is 0 Å². The van der Waals surface area contributed by atoms with Crippen molar-refractivity contribution in [2.75, 3.05) is 5.32 Å². The molecule has 0 atom stereocenters. The highest BCUT2D eigenvalue weighted by Gasteiger charge is 2.14. The zero-order valence-corrected chi connectivity index (χ0v) is 13.4. The predicted octanol–water partition coefficient (Wildman–Crippen LogP) is 4.41. The molecule has 1 amide bonds. The molecule has 1 N–H and O–H groups in total. The van der Waals surface area contributed by atoms with Crippen LogP contribution in [0.15, 0.2) is 59.0 Å². The summed E-state index contributed by atoms with van der Waals surface area (Å²) in [5.41, 5.74) is 3.38. The van der Waals surface area contributed by atoms with Crippen molar-refractivity contribution in [2.24, 2.45) is 0 Å². The van der Waals surface area contributed by atoms with Crippen LogP contribution in [0.25, 0.3) is 22.0 Å². The van der Waals surface area contributed by atoms with E-state index in [-0.39, 0.29) is 11.7 Å². The van der Waals surface area contributed by atoms with Gasteiger partial charge in [-0.05, 0) is 48.9 Å². The fourth-order valence-electron chi connectivity index (χ4n) is 2.71. The van der Waals surface area contributed by atoms with E-state index in [9.17, 15) is 4.79 Å². The molecule has 4 rings (SSSR count). The number of carbonyl (C=O) groups excluding carboxylic acids is 1. The van der Waals surface area contributed by atoms with Crippen molar-refractivity contribution in [1.82, 2.24) is 4.98 Å². The van der Waals surface area contributed by atoms with Gasteiger partial charge in [0.25, 0.3) is 5.91 Å². The maximum absolute atomic E-state index is 12.4. The summed E-state index contributed by atoms with van der Waals surface area (Å²) in [5, 5.41) is 13.4.